The minimum absolute atomic E-state index is 0.0337. The lowest BCUT2D eigenvalue weighted by Crippen LogP contribution is -2.48. The van der Waals surface area contributed by atoms with Crippen LogP contribution >= 0.6 is 0 Å². The van der Waals surface area contributed by atoms with Crippen LogP contribution in [0.1, 0.15) is 32.1 Å². The van der Waals surface area contributed by atoms with Crippen molar-refractivity contribution >= 4 is 17.6 Å². The van der Waals surface area contributed by atoms with Gasteiger partial charge in [-0.2, -0.15) is 0 Å². The first-order valence-electron chi connectivity index (χ1n) is 9.22. The molecule has 6 heteroatoms. The lowest BCUT2D eigenvalue weighted by Gasteiger charge is -2.32. The fourth-order valence-electron chi connectivity index (χ4n) is 3.43. The molecule has 25 heavy (non-hydrogen) atoms. The summed E-state index contributed by atoms with van der Waals surface area (Å²) in [4.78, 5) is 26.6. The highest BCUT2D eigenvalue weighted by Gasteiger charge is 2.29. The van der Waals surface area contributed by atoms with Crippen LogP contribution in [0, 0.1) is 5.92 Å². The van der Waals surface area contributed by atoms with Crippen LogP contribution in [0.25, 0.3) is 0 Å². The summed E-state index contributed by atoms with van der Waals surface area (Å²) >= 11 is 0. The Balaban J connectivity index is 1.46. The summed E-state index contributed by atoms with van der Waals surface area (Å²) in [5, 5.41) is 5.90. The van der Waals surface area contributed by atoms with Crippen LogP contribution in [0.5, 0.6) is 0 Å². The Bertz CT molecular complexity index is 573. The molecule has 0 unspecified atom stereocenters. The number of urea groups is 1. The SMILES string of the molecule is O=C(NC[C@@H]1CCCCO1)[C@@H]1CCCN(C(=O)Nc2ccccc2)C1. The molecule has 6 nitrogen and oxygen atoms in total. The lowest BCUT2D eigenvalue weighted by atomic mass is 9.97. The van der Waals surface area contributed by atoms with Gasteiger partial charge in [0.2, 0.25) is 5.91 Å². The highest BCUT2D eigenvalue weighted by molar-refractivity contribution is 5.90. The van der Waals surface area contributed by atoms with Gasteiger partial charge in [-0.25, -0.2) is 4.79 Å². The first kappa shape index (κ1) is 17.7. The van der Waals surface area contributed by atoms with Crippen LogP contribution in [0.4, 0.5) is 10.5 Å². The molecule has 3 amide bonds. The molecule has 0 saturated carbocycles. The molecule has 0 spiro atoms. The van der Waals surface area contributed by atoms with E-state index in [-0.39, 0.29) is 24.0 Å². The predicted molar refractivity (Wildman–Crippen MR) is 96.4 cm³/mol. The summed E-state index contributed by atoms with van der Waals surface area (Å²) in [6.45, 7) is 2.52. The summed E-state index contributed by atoms with van der Waals surface area (Å²) in [5.41, 5.74) is 0.772. The van der Waals surface area contributed by atoms with Crippen LogP contribution in [-0.2, 0) is 9.53 Å². The summed E-state index contributed by atoms with van der Waals surface area (Å²) < 4.78 is 5.65. The highest BCUT2D eigenvalue weighted by Crippen LogP contribution is 2.18. The van der Waals surface area contributed by atoms with Gasteiger partial charge < -0.3 is 20.3 Å². The molecular weight excluding hydrogens is 318 g/mol. The second-order valence-electron chi connectivity index (χ2n) is 6.82. The van der Waals surface area contributed by atoms with Crippen LogP contribution in [0.3, 0.4) is 0 Å². The van der Waals surface area contributed by atoms with Crippen molar-refractivity contribution < 1.29 is 14.3 Å². The maximum atomic E-state index is 12.4. The lowest BCUT2D eigenvalue weighted by molar-refractivity contribution is -0.127. The number of carbonyl (C=O) groups is 2. The van der Waals surface area contributed by atoms with Crippen LogP contribution < -0.4 is 10.6 Å². The summed E-state index contributed by atoms with van der Waals surface area (Å²) in [6.07, 6.45) is 5.10. The van der Waals surface area contributed by atoms with Crippen molar-refractivity contribution in [1.29, 1.82) is 0 Å². The summed E-state index contributed by atoms with van der Waals surface area (Å²) in [5.74, 6) is -0.106. The van der Waals surface area contributed by atoms with E-state index in [1.807, 2.05) is 30.3 Å². The van der Waals surface area contributed by atoms with Gasteiger partial charge in [-0.3, -0.25) is 4.79 Å². The molecule has 0 aromatic heterocycles. The van der Waals surface area contributed by atoms with Gasteiger partial charge >= 0.3 is 6.03 Å². The van der Waals surface area contributed by atoms with Gasteiger partial charge in [-0.1, -0.05) is 18.2 Å². The van der Waals surface area contributed by atoms with Crippen LogP contribution in [0.2, 0.25) is 0 Å². The van der Waals surface area contributed by atoms with Crippen molar-refractivity contribution in [2.45, 2.75) is 38.2 Å². The molecule has 1 aromatic carbocycles. The van der Waals surface area contributed by atoms with Gasteiger partial charge in [0.1, 0.15) is 0 Å². The van der Waals surface area contributed by atoms with E-state index < -0.39 is 0 Å². The number of hydrogen-bond acceptors (Lipinski definition) is 3. The highest BCUT2D eigenvalue weighted by atomic mass is 16.5. The minimum atomic E-state index is -0.140. The second-order valence-corrected chi connectivity index (χ2v) is 6.82. The molecule has 0 aliphatic carbocycles. The number of benzene rings is 1. The number of nitrogens with one attached hydrogen (secondary N) is 2. The van der Waals surface area contributed by atoms with Gasteiger partial charge in [0.25, 0.3) is 0 Å². The van der Waals surface area contributed by atoms with E-state index in [4.69, 9.17) is 4.74 Å². The van der Waals surface area contributed by atoms with Crippen molar-refractivity contribution in [3.05, 3.63) is 30.3 Å². The molecule has 1 aromatic rings. The molecule has 2 N–H and O–H groups in total. The number of rotatable bonds is 4. The third-order valence-corrected chi connectivity index (χ3v) is 4.88. The van der Waals surface area contributed by atoms with E-state index in [2.05, 4.69) is 10.6 Å². The molecule has 136 valence electrons. The molecule has 0 bridgehead atoms. The Hall–Kier alpha value is -2.08. The number of para-hydroxylation sites is 1. The zero-order valence-corrected chi connectivity index (χ0v) is 14.6. The van der Waals surface area contributed by atoms with Crippen LogP contribution in [0.15, 0.2) is 30.3 Å². The molecule has 0 radical (unpaired) electrons. The number of carbonyl (C=O) groups excluding carboxylic acids is 2. The average molecular weight is 345 g/mol. The third-order valence-electron chi connectivity index (χ3n) is 4.88. The molecule has 2 fully saturated rings. The quantitative estimate of drug-likeness (QED) is 0.881. The van der Waals surface area contributed by atoms with Gasteiger partial charge in [0.15, 0.2) is 0 Å². The summed E-state index contributed by atoms with van der Waals surface area (Å²) in [7, 11) is 0. The number of anilines is 1. The molecule has 2 aliphatic heterocycles. The van der Waals surface area contributed by atoms with Gasteiger partial charge in [0, 0.05) is 31.9 Å². The molecule has 2 atom stereocenters. The smallest absolute Gasteiger partial charge is 0.321 e. The zero-order chi connectivity index (χ0) is 17.5. The van der Waals surface area contributed by atoms with Crippen molar-refractivity contribution in [2.75, 3.05) is 31.6 Å². The van der Waals surface area contributed by atoms with E-state index in [1.54, 1.807) is 4.90 Å². The van der Waals surface area contributed by atoms with E-state index in [0.717, 1.165) is 44.4 Å². The van der Waals surface area contributed by atoms with Crippen molar-refractivity contribution in [1.82, 2.24) is 10.2 Å². The second kappa shape index (κ2) is 8.85. The predicted octanol–water partition coefficient (Wildman–Crippen LogP) is 2.62. The van der Waals surface area contributed by atoms with E-state index >= 15 is 0 Å². The van der Waals surface area contributed by atoms with Crippen molar-refractivity contribution in [3.63, 3.8) is 0 Å². The number of nitrogens with zero attached hydrogens (tertiary/aromatic N) is 1. The maximum absolute atomic E-state index is 12.4. The van der Waals surface area contributed by atoms with E-state index in [1.165, 1.54) is 0 Å². The Morgan fingerprint density at radius 1 is 1.12 bits per heavy atom. The third kappa shape index (κ3) is 5.19. The van der Waals surface area contributed by atoms with Crippen molar-refractivity contribution in [3.8, 4) is 0 Å². The average Bonchev–Trinajstić information content (AvgIpc) is 2.68. The fraction of sp³-hybridized carbons (Fsp3) is 0.579. The number of ether oxygens (including phenoxy) is 1. The fourth-order valence-corrected chi connectivity index (χ4v) is 3.43. The first-order valence-corrected chi connectivity index (χ1v) is 9.22. The monoisotopic (exact) mass is 345 g/mol. The topological polar surface area (TPSA) is 70.7 Å². The van der Waals surface area contributed by atoms with E-state index in [0.29, 0.717) is 19.6 Å². The van der Waals surface area contributed by atoms with Gasteiger partial charge in [-0.05, 0) is 44.2 Å². The van der Waals surface area contributed by atoms with E-state index in [9.17, 15) is 9.59 Å². The molecule has 2 saturated heterocycles. The molecular formula is C19H27N3O3. The largest absolute Gasteiger partial charge is 0.376 e. The standard InChI is InChI=1S/C19H27N3O3/c23-18(20-13-17-10-4-5-12-25-17)15-7-6-11-22(14-15)19(24)21-16-8-2-1-3-9-16/h1-3,8-9,15,17H,4-7,10-14H2,(H,20,23)(H,21,24)/t15-,17+/m1/s1. The normalized spacial score (nSPS) is 23.8. The van der Waals surface area contributed by atoms with Crippen LogP contribution in [-0.4, -0.2) is 49.2 Å². The Labute approximate surface area is 148 Å². The number of hydrogen-bond donors (Lipinski definition) is 2. The maximum Gasteiger partial charge on any atom is 0.321 e. The first-order chi connectivity index (χ1) is 12.2. The van der Waals surface area contributed by atoms with Gasteiger partial charge in [0.05, 0.1) is 12.0 Å². The summed E-state index contributed by atoms with van der Waals surface area (Å²) in [6, 6.07) is 9.25. The number of piperidine rings is 1. The number of amides is 3. The molecule has 2 aliphatic rings. The Morgan fingerprint density at radius 2 is 1.96 bits per heavy atom. The molecule has 2 heterocycles. The Kier molecular flexibility index (Phi) is 6.28. The number of likely N-dealkylation sites (tertiary alicyclic amines) is 1. The zero-order valence-electron chi connectivity index (χ0n) is 14.6. The molecule has 3 rings (SSSR count). The minimum Gasteiger partial charge on any atom is -0.376 e. The van der Waals surface area contributed by atoms with Gasteiger partial charge in [-0.15, -0.1) is 0 Å². The Morgan fingerprint density at radius 3 is 2.72 bits per heavy atom. The van der Waals surface area contributed by atoms with Crippen molar-refractivity contribution in [2.24, 2.45) is 5.92 Å².